The molecule has 0 bridgehead atoms. The number of esters is 1. The highest BCUT2D eigenvalue weighted by Crippen LogP contribution is 2.29. The zero-order valence-corrected chi connectivity index (χ0v) is 14.7. The molecule has 28 heavy (non-hydrogen) atoms. The number of aldehydes is 1. The van der Waals surface area contributed by atoms with Gasteiger partial charge in [-0.05, 0) is 55.5 Å². The van der Waals surface area contributed by atoms with Crippen LogP contribution in [-0.4, -0.2) is 30.9 Å². The highest BCUT2D eigenvalue weighted by molar-refractivity contribution is 5.95. The summed E-state index contributed by atoms with van der Waals surface area (Å²) < 4.78 is 47.6. The van der Waals surface area contributed by atoms with Gasteiger partial charge in [0.05, 0.1) is 5.56 Å². The van der Waals surface area contributed by atoms with Crippen molar-refractivity contribution in [2.24, 2.45) is 0 Å². The van der Waals surface area contributed by atoms with Gasteiger partial charge in [-0.15, -0.1) is 0 Å². The molecule has 9 heteroatoms. The van der Waals surface area contributed by atoms with Crippen molar-refractivity contribution in [3.63, 3.8) is 0 Å². The van der Waals surface area contributed by atoms with Crippen LogP contribution in [0.15, 0.2) is 48.5 Å². The summed E-state index contributed by atoms with van der Waals surface area (Å²) in [7, 11) is 0. The lowest BCUT2D eigenvalue weighted by Gasteiger charge is -2.14. The molecule has 2 aromatic rings. The first-order valence-electron chi connectivity index (χ1n) is 8.04. The lowest BCUT2D eigenvalue weighted by Crippen LogP contribution is -2.31. The van der Waals surface area contributed by atoms with Gasteiger partial charge >= 0.3 is 12.1 Å². The fourth-order valence-electron chi connectivity index (χ4n) is 2.06. The van der Waals surface area contributed by atoms with Crippen molar-refractivity contribution >= 4 is 23.9 Å². The van der Waals surface area contributed by atoms with E-state index in [1.807, 2.05) is 0 Å². The van der Waals surface area contributed by atoms with Gasteiger partial charge in [0.15, 0.2) is 12.7 Å². The maximum absolute atomic E-state index is 12.5. The van der Waals surface area contributed by atoms with Crippen molar-refractivity contribution in [2.75, 3.05) is 11.9 Å². The molecule has 0 aliphatic carbocycles. The van der Waals surface area contributed by atoms with E-state index in [2.05, 4.69) is 5.32 Å². The third-order valence-corrected chi connectivity index (χ3v) is 3.53. The Morgan fingerprint density at radius 2 is 1.68 bits per heavy atom. The molecule has 2 rings (SSSR count). The zero-order valence-electron chi connectivity index (χ0n) is 14.7. The number of carbonyl (C=O) groups is 3. The number of halogens is 3. The Balaban J connectivity index is 1.82. The molecule has 0 heterocycles. The quantitative estimate of drug-likeness (QED) is 0.574. The summed E-state index contributed by atoms with van der Waals surface area (Å²) in [6.45, 7) is 0.856. The van der Waals surface area contributed by atoms with Crippen LogP contribution in [0.25, 0.3) is 0 Å². The highest BCUT2D eigenvalue weighted by Gasteiger charge is 2.30. The molecule has 6 nitrogen and oxygen atoms in total. The van der Waals surface area contributed by atoms with Gasteiger partial charge in [0.2, 0.25) is 0 Å². The van der Waals surface area contributed by atoms with Crippen molar-refractivity contribution in [3.05, 3.63) is 59.7 Å². The molecule has 2 aromatic carbocycles. The third kappa shape index (κ3) is 6.11. The number of anilines is 1. The number of rotatable bonds is 7. The van der Waals surface area contributed by atoms with Crippen LogP contribution in [-0.2, 0) is 20.5 Å². The van der Waals surface area contributed by atoms with Crippen LogP contribution in [0.1, 0.15) is 22.8 Å². The molecule has 0 aromatic heterocycles. The number of amides is 1. The van der Waals surface area contributed by atoms with E-state index in [1.54, 1.807) is 0 Å². The predicted molar refractivity (Wildman–Crippen MR) is 93.0 cm³/mol. The summed E-state index contributed by atoms with van der Waals surface area (Å²) >= 11 is 0. The number of hydrogen-bond acceptors (Lipinski definition) is 5. The van der Waals surface area contributed by atoms with E-state index in [0.29, 0.717) is 17.6 Å². The number of benzene rings is 2. The zero-order chi connectivity index (χ0) is 20.7. The molecule has 0 saturated heterocycles. The monoisotopic (exact) mass is 395 g/mol. The van der Waals surface area contributed by atoms with Gasteiger partial charge in [0.25, 0.3) is 5.91 Å². The first-order chi connectivity index (χ1) is 13.2. The summed E-state index contributed by atoms with van der Waals surface area (Å²) in [5, 5.41) is 2.35. The molecule has 0 unspecified atom stereocenters. The molecular formula is C19H16F3NO5. The molecule has 0 radical (unpaired) electrons. The summed E-state index contributed by atoms with van der Waals surface area (Å²) in [4.78, 5) is 34.3. The van der Waals surface area contributed by atoms with Crippen LogP contribution in [0.3, 0.4) is 0 Å². The molecule has 0 fully saturated rings. The van der Waals surface area contributed by atoms with Gasteiger partial charge in [-0.3, -0.25) is 9.59 Å². The van der Waals surface area contributed by atoms with Crippen molar-refractivity contribution < 1.29 is 37.0 Å². The van der Waals surface area contributed by atoms with Crippen molar-refractivity contribution in [1.29, 1.82) is 0 Å². The smallest absolute Gasteiger partial charge is 0.416 e. The second kappa shape index (κ2) is 9.03. The SMILES string of the molecule is C[C@H](OC(=O)COc1ccc(C=O)cc1)C(=O)Nc1ccc(C(F)(F)F)cc1. The standard InChI is InChI=1S/C19H16F3NO5/c1-12(18(26)23-15-6-4-14(5-7-15)19(20,21)22)28-17(25)11-27-16-8-2-13(10-24)3-9-16/h2-10,12H,11H2,1H3,(H,23,26)/t12-/m0/s1. The van der Waals surface area contributed by atoms with Crippen LogP contribution in [0.4, 0.5) is 18.9 Å². The molecular weight excluding hydrogens is 379 g/mol. The molecule has 0 aliphatic heterocycles. The average Bonchev–Trinajstić information content (AvgIpc) is 2.66. The Hall–Kier alpha value is -3.36. The average molecular weight is 395 g/mol. The third-order valence-electron chi connectivity index (χ3n) is 3.53. The summed E-state index contributed by atoms with van der Waals surface area (Å²) in [5.74, 6) is -1.18. The molecule has 148 valence electrons. The van der Waals surface area contributed by atoms with E-state index in [1.165, 1.54) is 31.2 Å². The normalized spacial score (nSPS) is 12.0. The van der Waals surface area contributed by atoms with E-state index in [0.717, 1.165) is 24.3 Å². The number of nitrogens with one attached hydrogen (secondary N) is 1. The Labute approximate surface area is 158 Å². The number of carbonyl (C=O) groups excluding carboxylic acids is 3. The minimum Gasteiger partial charge on any atom is -0.482 e. The van der Waals surface area contributed by atoms with Crippen molar-refractivity contribution in [3.8, 4) is 5.75 Å². The molecule has 1 amide bonds. The minimum absolute atomic E-state index is 0.132. The maximum atomic E-state index is 12.5. The second-order valence-electron chi connectivity index (χ2n) is 5.67. The van der Waals surface area contributed by atoms with Gasteiger partial charge in [-0.1, -0.05) is 0 Å². The van der Waals surface area contributed by atoms with E-state index >= 15 is 0 Å². The molecule has 1 N–H and O–H groups in total. The van der Waals surface area contributed by atoms with Gasteiger partial charge in [-0.2, -0.15) is 13.2 Å². The first kappa shape index (κ1) is 20.9. The molecule has 1 atom stereocenters. The molecule has 0 aliphatic rings. The summed E-state index contributed by atoms with van der Waals surface area (Å²) in [6.07, 6.45) is -5.00. The van der Waals surface area contributed by atoms with Crippen molar-refractivity contribution in [2.45, 2.75) is 19.2 Å². The number of ether oxygens (including phenoxy) is 2. The van der Waals surface area contributed by atoms with Gasteiger partial charge < -0.3 is 14.8 Å². The van der Waals surface area contributed by atoms with Crippen molar-refractivity contribution in [1.82, 2.24) is 0 Å². The second-order valence-corrected chi connectivity index (χ2v) is 5.67. The number of hydrogen-bond donors (Lipinski definition) is 1. The lowest BCUT2D eigenvalue weighted by atomic mass is 10.2. The largest absolute Gasteiger partial charge is 0.482 e. The Morgan fingerprint density at radius 1 is 1.07 bits per heavy atom. The summed E-state index contributed by atoms with van der Waals surface area (Å²) in [5.41, 5.74) is -0.265. The van der Waals surface area contributed by atoms with Crippen LogP contribution in [0, 0.1) is 0 Å². The topological polar surface area (TPSA) is 81.7 Å². The Kier molecular flexibility index (Phi) is 6.75. The minimum atomic E-state index is -4.47. The van der Waals surface area contributed by atoms with Crippen LogP contribution in [0.2, 0.25) is 0 Å². The Bertz CT molecular complexity index is 832. The fourth-order valence-corrected chi connectivity index (χ4v) is 2.06. The van der Waals surface area contributed by atoms with E-state index in [4.69, 9.17) is 9.47 Å². The van der Waals surface area contributed by atoms with E-state index in [9.17, 15) is 27.6 Å². The molecule has 0 saturated carbocycles. The van der Waals surface area contributed by atoms with Gasteiger partial charge in [0, 0.05) is 11.3 Å². The lowest BCUT2D eigenvalue weighted by molar-refractivity contribution is -0.155. The highest BCUT2D eigenvalue weighted by atomic mass is 19.4. The first-order valence-corrected chi connectivity index (χ1v) is 8.04. The van der Waals surface area contributed by atoms with Gasteiger partial charge in [0.1, 0.15) is 12.0 Å². The van der Waals surface area contributed by atoms with Crippen LogP contribution >= 0.6 is 0 Å². The van der Waals surface area contributed by atoms with Gasteiger partial charge in [-0.25, -0.2) is 4.79 Å². The van der Waals surface area contributed by atoms with E-state index in [-0.39, 0.29) is 5.69 Å². The maximum Gasteiger partial charge on any atom is 0.416 e. The summed E-state index contributed by atoms with van der Waals surface area (Å²) in [6, 6.07) is 9.87. The van der Waals surface area contributed by atoms with Crippen LogP contribution < -0.4 is 10.1 Å². The Morgan fingerprint density at radius 3 is 2.21 bits per heavy atom. The molecule has 0 spiro atoms. The number of alkyl halides is 3. The predicted octanol–water partition coefficient (Wildman–Crippen LogP) is 3.47. The van der Waals surface area contributed by atoms with Crippen LogP contribution in [0.5, 0.6) is 5.75 Å². The fraction of sp³-hybridized carbons (Fsp3) is 0.211. The van der Waals surface area contributed by atoms with E-state index < -0.39 is 36.3 Å².